The van der Waals surface area contributed by atoms with Crippen LogP contribution in [0.4, 0.5) is 0 Å². The van der Waals surface area contributed by atoms with Gasteiger partial charge in [0.05, 0.1) is 5.56 Å². The lowest BCUT2D eigenvalue weighted by molar-refractivity contribution is 0.0695. The van der Waals surface area contributed by atoms with Crippen molar-refractivity contribution in [2.24, 2.45) is 0 Å². The molecule has 2 nitrogen and oxygen atoms in total. The predicted octanol–water partition coefficient (Wildman–Crippen LogP) is 4.08. The molecule has 0 atom stereocenters. The van der Waals surface area contributed by atoms with E-state index in [1.54, 1.807) is 0 Å². The molecular formula is C16H18O2. The molecule has 0 heterocycles. The zero-order valence-corrected chi connectivity index (χ0v) is 11.5. The highest BCUT2D eigenvalue weighted by atomic mass is 16.4. The maximum atomic E-state index is 11.4. The van der Waals surface area contributed by atoms with Gasteiger partial charge in [-0.2, -0.15) is 0 Å². The summed E-state index contributed by atoms with van der Waals surface area (Å²) in [5, 5.41) is 11.6. The Bertz CT molecular complexity index is 667. The molecule has 94 valence electrons. The fraction of sp³-hybridized carbons (Fsp3) is 0.312. The van der Waals surface area contributed by atoms with E-state index in [4.69, 9.17) is 0 Å². The number of aryl methyl sites for hydroxylation is 4. The van der Waals surface area contributed by atoms with Crippen LogP contribution in [0.15, 0.2) is 12.1 Å². The van der Waals surface area contributed by atoms with E-state index < -0.39 is 5.97 Å². The van der Waals surface area contributed by atoms with Gasteiger partial charge in [0.1, 0.15) is 0 Å². The minimum absolute atomic E-state index is 0.447. The summed E-state index contributed by atoms with van der Waals surface area (Å²) in [7, 11) is 0. The normalized spacial score (nSPS) is 10.9. The van der Waals surface area contributed by atoms with Gasteiger partial charge in [0.2, 0.25) is 0 Å². The van der Waals surface area contributed by atoms with E-state index in [2.05, 4.69) is 19.9 Å². The lowest BCUT2D eigenvalue weighted by Gasteiger charge is -2.17. The topological polar surface area (TPSA) is 37.3 Å². The molecule has 0 aliphatic rings. The first-order valence-corrected chi connectivity index (χ1v) is 6.09. The number of benzene rings is 2. The summed E-state index contributed by atoms with van der Waals surface area (Å²) in [6, 6.07) is 4.09. The van der Waals surface area contributed by atoms with E-state index in [1.807, 2.05) is 26.8 Å². The highest BCUT2D eigenvalue weighted by molar-refractivity contribution is 6.02. The Balaban J connectivity index is 3.07. The molecule has 0 unspecified atom stereocenters. The molecule has 0 radical (unpaired) electrons. The van der Waals surface area contributed by atoms with Crippen LogP contribution in [0.5, 0.6) is 0 Å². The van der Waals surface area contributed by atoms with Crippen molar-refractivity contribution in [2.45, 2.75) is 34.6 Å². The van der Waals surface area contributed by atoms with Crippen LogP contribution in [0.2, 0.25) is 0 Å². The Labute approximate surface area is 107 Å². The number of aromatic carboxylic acids is 1. The quantitative estimate of drug-likeness (QED) is 0.818. The van der Waals surface area contributed by atoms with Crippen LogP contribution in [0.3, 0.4) is 0 Å². The number of carboxylic acids is 1. The molecule has 2 aromatic carbocycles. The van der Waals surface area contributed by atoms with E-state index in [0.29, 0.717) is 5.56 Å². The molecule has 0 aromatic heterocycles. The van der Waals surface area contributed by atoms with Crippen LogP contribution in [-0.4, -0.2) is 11.1 Å². The molecule has 18 heavy (non-hydrogen) atoms. The van der Waals surface area contributed by atoms with E-state index in [1.165, 1.54) is 16.5 Å². The molecule has 0 bridgehead atoms. The van der Waals surface area contributed by atoms with Gasteiger partial charge in [-0.05, 0) is 73.2 Å². The van der Waals surface area contributed by atoms with Crippen molar-refractivity contribution in [2.75, 3.05) is 0 Å². The third kappa shape index (κ3) is 1.60. The Morgan fingerprint density at radius 1 is 0.889 bits per heavy atom. The molecule has 0 amide bonds. The van der Waals surface area contributed by atoms with Crippen LogP contribution >= 0.6 is 0 Å². The third-order valence-corrected chi connectivity index (χ3v) is 4.04. The first-order chi connectivity index (χ1) is 8.36. The number of carbonyl (C=O) groups is 1. The van der Waals surface area contributed by atoms with Crippen LogP contribution < -0.4 is 0 Å². The van der Waals surface area contributed by atoms with Gasteiger partial charge in [0.15, 0.2) is 0 Å². The van der Waals surface area contributed by atoms with E-state index in [0.717, 1.165) is 22.1 Å². The lowest BCUT2D eigenvalue weighted by atomic mass is 9.87. The molecule has 0 aliphatic heterocycles. The number of hydrogen-bond donors (Lipinski definition) is 1. The minimum Gasteiger partial charge on any atom is -0.478 e. The Hall–Kier alpha value is -1.83. The van der Waals surface area contributed by atoms with Crippen molar-refractivity contribution in [3.8, 4) is 0 Å². The first kappa shape index (κ1) is 12.6. The van der Waals surface area contributed by atoms with Gasteiger partial charge in [0.25, 0.3) is 0 Å². The van der Waals surface area contributed by atoms with Crippen LogP contribution in [0.25, 0.3) is 10.8 Å². The summed E-state index contributed by atoms with van der Waals surface area (Å²) in [6.45, 7) is 9.99. The molecule has 1 N–H and O–H groups in total. The molecule has 0 aliphatic carbocycles. The summed E-state index contributed by atoms with van der Waals surface area (Å²) in [4.78, 5) is 11.4. The summed E-state index contributed by atoms with van der Waals surface area (Å²) in [6.07, 6.45) is 0. The van der Waals surface area contributed by atoms with Gasteiger partial charge in [0, 0.05) is 0 Å². The fourth-order valence-corrected chi connectivity index (χ4v) is 2.72. The summed E-state index contributed by atoms with van der Waals surface area (Å²) < 4.78 is 0. The monoisotopic (exact) mass is 242 g/mol. The molecule has 2 rings (SSSR count). The standard InChI is InChI=1S/C16H18O2/c1-8-6-7-13-12(5)15(16(17)18)11(4)10(3)14(13)9(8)2/h6-7H,1-5H3,(H,17,18). The highest BCUT2D eigenvalue weighted by Crippen LogP contribution is 2.32. The lowest BCUT2D eigenvalue weighted by Crippen LogP contribution is -2.06. The Kier molecular flexibility index (Phi) is 2.89. The number of carboxylic acid groups (broad SMARTS) is 1. The van der Waals surface area contributed by atoms with E-state index >= 15 is 0 Å². The van der Waals surface area contributed by atoms with E-state index in [-0.39, 0.29) is 0 Å². The number of hydrogen-bond acceptors (Lipinski definition) is 1. The van der Waals surface area contributed by atoms with Crippen molar-refractivity contribution in [3.63, 3.8) is 0 Å². The highest BCUT2D eigenvalue weighted by Gasteiger charge is 2.18. The third-order valence-electron chi connectivity index (χ3n) is 4.04. The second-order valence-electron chi connectivity index (χ2n) is 4.99. The molecule has 2 aromatic rings. The second-order valence-corrected chi connectivity index (χ2v) is 4.99. The van der Waals surface area contributed by atoms with Gasteiger partial charge in [-0.25, -0.2) is 4.79 Å². The van der Waals surface area contributed by atoms with Crippen LogP contribution in [0, 0.1) is 34.6 Å². The van der Waals surface area contributed by atoms with Gasteiger partial charge < -0.3 is 5.11 Å². The second kappa shape index (κ2) is 4.13. The minimum atomic E-state index is -0.840. The zero-order chi connectivity index (χ0) is 13.6. The van der Waals surface area contributed by atoms with Gasteiger partial charge in [-0.15, -0.1) is 0 Å². The molecule has 0 spiro atoms. The van der Waals surface area contributed by atoms with Crippen molar-refractivity contribution in [1.82, 2.24) is 0 Å². The SMILES string of the molecule is Cc1ccc2c(C)c(C(=O)O)c(C)c(C)c2c1C. The average molecular weight is 242 g/mol. The largest absolute Gasteiger partial charge is 0.478 e. The van der Waals surface area contributed by atoms with Gasteiger partial charge >= 0.3 is 5.97 Å². The predicted molar refractivity (Wildman–Crippen MR) is 74.6 cm³/mol. The summed E-state index contributed by atoms with van der Waals surface area (Å²) in [5.74, 6) is -0.840. The van der Waals surface area contributed by atoms with Crippen molar-refractivity contribution >= 4 is 16.7 Å². The molecule has 0 fully saturated rings. The molecule has 0 saturated heterocycles. The Morgan fingerprint density at radius 2 is 1.50 bits per heavy atom. The van der Waals surface area contributed by atoms with Gasteiger partial charge in [-0.1, -0.05) is 12.1 Å². The molecular weight excluding hydrogens is 224 g/mol. The maximum absolute atomic E-state index is 11.4. The van der Waals surface area contributed by atoms with Crippen LogP contribution in [-0.2, 0) is 0 Å². The zero-order valence-electron chi connectivity index (χ0n) is 11.5. The summed E-state index contributed by atoms with van der Waals surface area (Å²) >= 11 is 0. The Morgan fingerprint density at radius 3 is 2.06 bits per heavy atom. The van der Waals surface area contributed by atoms with Crippen LogP contribution in [0.1, 0.15) is 38.2 Å². The number of fused-ring (bicyclic) bond motifs is 1. The van der Waals surface area contributed by atoms with Crippen molar-refractivity contribution in [1.29, 1.82) is 0 Å². The van der Waals surface area contributed by atoms with Gasteiger partial charge in [-0.3, -0.25) is 0 Å². The molecule has 2 heteroatoms. The first-order valence-electron chi connectivity index (χ1n) is 6.09. The van der Waals surface area contributed by atoms with Crippen molar-refractivity contribution < 1.29 is 9.90 Å². The van der Waals surface area contributed by atoms with Crippen molar-refractivity contribution in [3.05, 3.63) is 45.5 Å². The summed E-state index contributed by atoms with van der Waals surface area (Å²) in [5.41, 5.74) is 5.75. The average Bonchev–Trinajstić information content (AvgIpc) is 2.29. The fourth-order valence-electron chi connectivity index (χ4n) is 2.72. The smallest absolute Gasteiger partial charge is 0.336 e. The number of rotatable bonds is 1. The van der Waals surface area contributed by atoms with E-state index in [9.17, 15) is 9.90 Å². The molecule has 0 saturated carbocycles. The maximum Gasteiger partial charge on any atom is 0.336 e.